The molecule has 0 aromatic heterocycles. The van der Waals surface area contributed by atoms with E-state index in [0.717, 1.165) is 24.6 Å². The van der Waals surface area contributed by atoms with Crippen LogP contribution in [0.15, 0.2) is 24.3 Å². The fourth-order valence-electron chi connectivity index (χ4n) is 3.93. The maximum absolute atomic E-state index is 6.37. The summed E-state index contributed by atoms with van der Waals surface area (Å²) >= 11 is 0. The molecular formula is C26H46N2O3. The van der Waals surface area contributed by atoms with Gasteiger partial charge in [-0.05, 0) is 39.1 Å². The highest BCUT2D eigenvalue weighted by Gasteiger charge is 2.25. The lowest BCUT2D eigenvalue weighted by Gasteiger charge is -2.28. The Balaban J connectivity index is 1.93. The van der Waals surface area contributed by atoms with E-state index >= 15 is 0 Å². The van der Waals surface area contributed by atoms with Crippen LogP contribution in [-0.4, -0.2) is 62.7 Å². The van der Waals surface area contributed by atoms with Crippen molar-refractivity contribution in [2.75, 3.05) is 40.4 Å². The second kappa shape index (κ2) is 15.5. The summed E-state index contributed by atoms with van der Waals surface area (Å²) in [5, 5.41) is 0. The van der Waals surface area contributed by atoms with Crippen molar-refractivity contribution in [1.29, 1.82) is 0 Å². The van der Waals surface area contributed by atoms with Gasteiger partial charge in [-0.3, -0.25) is 9.80 Å². The predicted molar refractivity (Wildman–Crippen MR) is 129 cm³/mol. The molecule has 0 spiro atoms. The minimum atomic E-state index is -0.103. The van der Waals surface area contributed by atoms with Crippen molar-refractivity contribution < 1.29 is 14.2 Å². The SMILES string of the molecule is CCCCCCCN(C)C1COCC(N(C)CCCCCCC)Oc2ccccc2O1. The molecule has 1 aliphatic rings. The number of hydrogen-bond donors (Lipinski definition) is 0. The average Bonchev–Trinajstić information content (AvgIpc) is 2.87. The predicted octanol–water partition coefficient (Wildman–Crippen LogP) is 5.93. The second-order valence-corrected chi connectivity index (χ2v) is 8.92. The lowest BCUT2D eigenvalue weighted by Crippen LogP contribution is -2.43. The van der Waals surface area contributed by atoms with Crippen molar-refractivity contribution >= 4 is 0 Å². The van der Waals surface area contributed by atoms with E-state index in [-0.39, 0.29) is 12.5 Å². The van der Waals surface area contributed by atoms with Crippen LogP contribution >= 0.6 is 0 Å². The molecular weight excluding hydrogens is 388 g/mol. The summed E-state index contributed by atoms with van der Waals surface area (Å²) < 4.78 is 18.8. The van der Waals surface area contributed by atoms with Gasteiger partial charge in [0.1, 0.15) is 0 Å². The van der Waals surface area contributed by atoms with E-state index < -0.39 is 0 Å². The van der Waals surface area contributed by atoms with Crippen LogP contribution in [0.1, 0.15) is 78.1 Å². The Morgan fingerprint density at radius 2 is 1.10 bits per heavy atom. The van der Waals surface area contributed by atoms with Gasteiger partial charge in [-0.15, -0.1) is 0 Å². The summed E-state index contributed by atoms with van der Waals surface area (Å²) in [4.78, 5) is 4.56. The summed E-state index contributed by atoms with van der Waals surface area (Å²) in [6, 6.07) is 8.03. The maximum atomic E-state index is 6.37. The van der Waals surface area contributed by atoms with Crippen LogP contribution in [0.3, 0.4) is 0 Å². The molecule has 2 atom stereocenters. The van der Waals surface area contributed by atoms with Crippen LogP contribution in [0.5, 0.6) is 11.5 Å². The fraction of sp³-hybridized carbons (Fsp3) is 0.769. The van der Waals surface area contributed by atoms with Crippen molar-refractivity contribution in [1.82, 2.24) is 9.80 Å². The molecule has 2 rings (SSSR count). The number of nitrogens with zero attached hydrogens (tertiary/aromatic N) is 2. The molecule has 178 valence electrons. The molecule has 31 heavy (non-hydrogen) atoms. The van der Waals surface area contributed by atoms with Gasteiger partial charge in [0.05, 0.1) is 13.2 Å². The van der Waals surface area contributed by atoms with E-state index in [1.54, 1.807) is 0 Å². The van der Waals surface area contributed by atoms with Crippen molar-refractivity contribution in [3.8, 4) is 11.5 Å². The molecule has 0 aliphatic carbocycles. The molecule has 1 aliphatic heterocycles. The molecule has 0 bridgehead atoms. The highest BCUT2D eigenvalue weighted by atomic mass is 16.6. The number of rotatable bonds is 14. The van der Waals surface area contributed by atoms with Gasteiger partial charge in [-0.2, -0.15) is 0 Å². The van der Waals surface area contributed by atoms with E-state index in [1.807, 2.05) is 24.3 Å². The molecule has 1 aromatic rings. The van der Waals surface area contributed by atoms with Crippen LogP contribution in [0.2, 0.25) is 0 Å². The number of ether oxygens (including phenoxy) is 3. The molecule has 1 aromatic carbocycles. The second-order valence-electron chi connectivity index (χ2n) is 8.92. The molecule has 0 fully saturated rings. The largest absolute Gasteiger partial charge is 0.469 e. The lowest BCUT2D eigenvalue weighted by atomic mass is 10.1. The number of likely N-dealkylation sites (N-methyl/N-ethyl adjacent to an activating group) is 2. The Morgan fingerprint density at radius 1 is 0.677 bits per heavy atom. The highest BCUT2D eigenvalue weighted by molar-refractivity contribution is 5.39. The molecule has 0 amide bonds. The number of benzene rings is 1. The van der Waals surface area contributed by atoms with Crippen molar-refractivity contribution in [3.63, 3.8) is 0 Å². The molecule has 0 N–H and O–H groups in total. The van der Waals surface area contributed by atoms with Crippen LogP contribution in [-0.2, 0) is 4.74 Å². The van der Waals surface area contributed by atoms with Crippen LogP contribution in [0, 0.1) is 0 Å². The Kier molecular flexibility index (Phi) is 13.0. The number of fused-ring (bicyclic) bond motifs is 1. The summed E-state index contributed by atoms with van der Waals surface area (Å²) in [6.07, 6.45) is 12.6. The van der Waals surface area contributed by atoms with Crippen molar-refractivity contribution in [3.05, 3.63) is 24.3 Å². The Bertz CT molecular complexity index is 535. The third-order valence-electron chi connectivity index (χ3n) is 6.11. The minimum absolute atomic E-state index is 0.103. The zero-order valence-electron chi connectivity index (χ0n) is 20.5. The number of unbranched alkanes of at least 4 members (excludes halogenated alkanes) is 8. The Morgan fingerprint density at radius 3 is 1.52 bits per heavy atom. The molecule has 2 unspecified atom stereocenters. The molecule has 0 saturated heterocycles. The molecule has 5 nitrogen and oxygen atoms in total. The summed E-state index contributed by atoms with van der Waals surface area (Å²) in [7, 11) is 4.27. The van der Waals surface area contributed by atoms with Crippen molar-refractivity contribution in [2.45, 2.75) is 90.5 Å². The van der Waals surface area contributed by atoms with E-state index in [9.17, 15) is 0 Å². The first-order valence-electron chi connectivity index (χ1n) is 12.6. The van der Waals surface area contributed by atoms with Gasteiger partial charge in [0, 0.05) is 13.1 Å². The zero-order valence-corrected chi connectivity index (χ0v) is 20.5. The number of para-hydroxylation sites is 2. The monoisotopic (exact) mass is 434 g/mol. The molecule has 0 saturated carbocycles. The Hall–Kier alpha value is -1.30. The first-order valence-corrected chi connectivity index (χ1v) is 12.6. The average molecular weight is 435 g/mol. The summed E-state index contributed by atoms with van der Waals surface area (Å²) in [5.41, 5.74) is 0. The summed E-state index contributed by atoms with van der Waals surface area (Å²) in [5.74, 6) is 1.61. The van der Waals surface area contributed by atoms with Gasteiger partial charge in [-0.1, -0.05) is 77.3 Å². The van der Waals surface area contributed by atoms with Crippen molar-refractivity contribution in [2.24, 2.45) is 0 Å². The molecule has 1 heterocycles. The van der Waals surface area contributed by atoms with Crippen LogP contribution in [0.4, 0.5) is 0 Å². The van der Waals surface area contributed by atoms with Gasteiger partial charge in [0.2, 0.25) is 0 Å². The number of hydrogen-bond acceptors (Lipinski definition) is 5. The van der Waals surface area contributed by atoms with Gasteiger partial charge in [0.15, 0.2) is 24.0 Å². The molecule has 5 heteroatoms. The fourth-order valence-corrected chi connectivity index (χ4v) is 3.93. The maximum Gasteiger partial charge on any atom is 0.176 e. The van der Waals surface area contributed by atoms with Crippen LogP contribution in [0.25, 0.3) is 0 Å². The van der Waals surface area contributed by atoms with E-state index in [1.165, 1.54) is 64.2 Å². The van der Waals surface area contributed by atoms with Gasteiger partial charge in [-0.25, -0.2) is 0 Å². The zero-order chi connectivity index (χ0) is 22.3. The third-order valence-corrected chi connectivity index (χ3v) is 6.11. The topological polar surface area (TPSA) is 34.2 Å². The van der Waals surface area contributed by atoms with E-state index in [4.69, 9.17) is 14.2 Å². The quantitative estimate of drug-likeness (QED) is 0.339. The highest BCUT2D eigenvalue weighted by Crippen LogP contribution is 2.30. The first kappa shape index (κ1) is 26.0. The lowest BCUT2D eigenvalue weighted by molar-refractivity contribution is -0.0634. The molecule has 0 radical (unpaired) electrons. The van der Waals surface area contributed by atoms with E-state index in [2.05, 4.69) is 37.7 Å². The normalized spacial score (nSPS) is 19.3. The summed E-state index contributed by atoms with van der Waals surface area (Å²) in [6.45, 7) is 7.63. The first-order chi connectivity index (χ1) is 15.2. The Labute approximate surface area is 191 Å². The van der Waals surface area contributed by atoms with E-state index in [0.29, 0.717) is 13.2 Å². The standard InChI is InChI=1S/C26H46N2O3/c1-5-7-9-11-15-19-27(3)25-21-29-22-26(28(4)20-16-12-10-8-6-2)31-24-18-14-13-17-23(24)30-25/h13-14,17-18,25-26H,5-12,15-16,19-22H2,1-4H3. The van der Waals surface area contributed by atoms with Crippen LogP contribution < -0.4 is 9.47 Å². The third kappa shape index (κ3) is 9.80. The smallest absolute Gasteiger partial charge is 0.176 e. The van der Waals surface area contributed by atoms with Gasteiger partial charge in [0.25, 0.3) is 0 Å². The van der Waals surface area contributed by atoms with Gasteiger partial charge < -0.3 is 14.2 Å². The minimum Gasteiger partial charge on any atom is -0.469 e. The van der Waals surface area contributed by atoms with Gasteiger partial charge >= 0.3 is 0 Å².